The van der Waals surface area contributed by atoms with Crippen LogP contribution >= 0.6 is 0 Å². The summed E-state index contributed by atoms with van der Waals surface area (Å²) in [5.41, 5.74) is 0. The monoisotopic (exact) mass is 368 g/mol. The first-order chi connectivity index (χ1) is 12.9. The van der Waals surface area contributed by atoms with Gasteiger partial charge < -0.3 is 14.6 Å². The number of aliphatic hydroxyl groups is 1. The van der Waals surface area contributed by atoms with Gasteiger partial charge >= 0.3 is 0 Å². The summed E-state index contributed by atoms with van der Waals surface area (Å²) in [5.74, 6) is 0. The van der Waals surface area contributed by atoms with E-state index >= 15 is 0 Å². The highest BCUT2D eigenvalue weighted by molar-refractivity contribution is 4.85. The van der Waals surface area contributed by atoms with E-state index in [0.29, 0.717) is 12.7 Å². The van der Waals surface area contributed by atoms with Gasteiger partial charge in [-0.25, -0.2) is 0 Å². The summed E-state index contributed by atoms with van der Waals surface area (Å²) in [6.07, 6.45) is 24.4. The van der Waals surface area contributed by atoms with Crippen LogP contribution in [0, 0.1) is 0 Å². The molecule has 0 bridgehead atoms. The molecule has 0 aromatic heterocycles. The summed E-state index contributed by atoms with van der Waals surface area (Å²) in [7, 11) is 0. The van der Waals surface area contributed by atoms with E-state index < -0.39 is 0 Å². The zero-order valence-corrected chi connectivity index (χ0v) is 17.3. The van der Waals surface area contributed by atoms with Crippen LogP contribution in [0.1, 0.15) is 110 Å². The molecule has 154 valence electrons. The van der Waals surface area contributed by atoms with Crippen LogP contribution in [-0.4, -0.2) is 30.7 Å². The van der Waals surface area contributed by atoms with E-state index in [-0.39, 0.29) is 6.29 Å². The second-order valence-corrected chi connectivity index (χ2v) is 7.74. The molecule has 1 aliphatic rings. The number of allylic oxidation sites excluding steroid dienone is 1. The predicted octanol–water partition coefficient (Wildman–Crippen LogP) is 6.54. The maximum absolute atomic E-state index is 8.77. The minimum absolute atomic E-state index is 0.0345. The quantitative estimate of drug-likeness (QED) is 0.234. The molecule has 0 aromatic rings. The summed E-state index contributed by atoms with van der Waals surface area (Å²) < 4.78 is 12.0. The normalized spacial score (nSPS) is 19.2. The fourth-order valence-electron chi connectivity index (χ4n) is 3.52. The highest BCUT2D eigenvalue weighted by Crippen LogP contribution is 2.20. The van der Waals surface area contributed by atoms with Crippen LogP contribution in [0.5, 0.6) is 0 Å². The maximum Gasteiger partial charge on any atom is 0.157 e. The Hall–Kier alpha value is -0.380. The highest BCUT2D eigenvalue weighted by Gasteiger charge is 2.18. The molecule has 1 saturated heterocycles. The van der Waals surface area contributed by atoms with Crippen LogP contribution in [0.2, 0.25) is 0 Å². The van der Waals surface area contributed by atoms with Gasteiger partial charge in [0.2, 0.25) is 0 Å². The average molecular weight is 369 g/mol. The lowest BCUT2D eigenvalue weighted by atomic mass is 10.1. The van der Waals surface area contributed by atoms with Crippen molar-refractivity contribution in [3.63, 3.8) is 0 Å². The molecule has 1 heterocycles. The smallest absolute Gasteiger partial charge is 0.157 e. The first-order valence-electron chi connectivity index (χ1n) is 11.4. The Labute approximate surface area is 162 Å². The molecule has 3 heteroatoms. The van der Waals surface area contributed by atoms with E-state index in [4.69, 9.17) is 14.6 Å². The molecule has 1 N–H and O–H groups in total. The Balaban J connectivity index is 2.14. The van der Waals surface area contributed by atoms with Crippen molar-refractivity contribution >= 4 is 0 Å². The lowest BCUT2D eigenvalue weighted by molar-refractivity contribution is -0.188. The van der Waals surface area contributed by atoms with Crippen LogP contribution in [0.25, 0.3) is 0 Å². The van der Waals surface area contributed by atoms with Crippen LogP contribution in [-0.2, 0) is 9.47 Å². The van der Waals surface area contributed by atoms with E-state index in [0.717, 1.165) is 32.3 Å². The molecule has 0 aliphatic carbocycles. The SMILES string of the molecule is CCCCCCC(C/C=C\CCCCCCCCO)OC1CCCCO1. The molecule has 1 aliphatic heterocycles. The van der Waals surface area contributed by atoms with Crippen LogP contribution in [0.15, 0.2) is 12.2 Å². The predicted molar refractivity (Wildman–Crippen MR) is 110 cm³/mol. The molecular formula is C23H44O3. The Bertz CT molecular complexity index is 311. The van der Waals surface area contributed by atoms with Gasteiger partial charge in [-0.3, -0.25) is 0 Å². The Morgan fingerprint density at radius 3 is 2.46 bits per heavy atom. The van der Waals surface area contributed by atoms with Gasteiger partial charge in [0, 0.05) is 13.2 Å². The first-order valence-corrected chi connectivity index (χ1v) is 11.4. The minimum Gasteiger partial charge on any atom is -0.396 e. The van der Waals surface area contributed by atoms with Gasteiger partial charge in [0.25, 0.3) is 0 Å². The van der Waals surface area contributed by atoms with Crippen molar-refractivity contribution in [3.8, 4) is 0 Å². The first kappa shape index (κ1) is 23.7. The van der Waals surface area contributed by atoms with Gasteiger partial charge in [0.05, 0.1) is 6.10 Å². The van der Waals surface area contributed by atoms with Gasteiger partial charge in [0.1, 0.15) is 0 Å². The van der Waals surface area contributed by atoms with E-state index in [1.807, 2.05) is 0 Å². The number of hydrogen-bond donors (Lipinski definition) is 1. The topological polar surface area (TPSA) is 38.7 Å². The fraction of sp³-hybridized carbons (Fsp3) is 0.913. The van der Waals surface area contributed by atoms with Crippen molar-refractivity contribution in [2.75, 3.05) is 13.2 Å². The van der Waals surface area contributed by atoms with Gasteiger partial charge in [0.15, 0.2) is 6.29 Å². The standard InChI is InChI=1S/C23H44O3/c1-2-3-4-12-17-22(26-23-19-14-16-21-25-23)18-13-10-8-6-5-7-9-11-15-20-24/h10,13,22-24H,2-9,11-12,14-21H2,1H3/b13-10-. The van der Waals surface area contributed by atoms with Crippen molar-refractivity contribution < 1.29 is 14.6 Å². The Kier molecular flexibility index (Phi) is 16.4. The molecule has 1 rings (SSSR count). The molecule has 0 spiro atoms. The van der Waals surface area contributed by atoms with Crippen molar-refractivity contribution in [1.82, 2.24) is 0 Å². The van der Waals surface area contributed by atoms with E-state index in [1.54, 1.807) is 0 Å². The van der Waals surface area contributed by atoms with E-state index in [9.17, 15) is 0 Å². The molecule has 26 heavy (non-hydrogen) atoms. The van der Waals surface area contributed by atoms with Crippen molar-refractivity contribution in [2.24, 2.45) is 0 Å². The highest BCUT2D eigenvalue weighted by atomic mass is 16.7. The molecular weight excluding hydrogens is 324 g/mol. The average Bonchev–Trinajstić information content (AvgIpc) is 2.67. The largest absolute Gasteiger partial charge is 0.396 e. The number of rotatable bonds is 17. The molecule has 1 fully saturated rings. The summed E-state index contributed by atoms with van der Waals surface area (Å²) in [6, 6.07) is 0. The third kappa shape index (κ3) is 13.8. The molecule has 3 nitrogen and oxygen atoms in total. The number of ether oxygens (including phenoxy) is 2. The lowest BCUT2D eigenvalue weighted by Crippen LogP contribution is -2.27. The second-order valence-electron chi connectivity index (χ2n) is 7.74. The third-order valence-corrected chi connectivity index (χ3v) is 5.21. The van der Waals surface area contributed by atoms with Gasteiger partial charge in [-0.1, -0.05) is 70.4 Å². The van der Waals surface area contributed by atoms with Crippen LogP contribution in [0.3, 0.4) is 0 Å². The van der Waals surface area contributed by atoms with Gasteiger partial charge in [-0.15, -0.1) is 0 Å². The minimum atomic E-state index is 0.0345. The van der Waals surface area contributed by atoms with Crippen LogP contribution in [0.4, 0.5) is 0 Å². The summed E-state index contributed by atoms with van der Waals surface area (Å²) in [5, 5.41) is 8.77. The van der Waals surface area contributed by atoms with Crippen molar-refractivity contribution in [2.45, 2.75) is 122 Å². The molecule has 2 unspecified atom stereocenters. The number of aliphatic hydroxyl groups excluding tert-OH is 1. The fourth-order valence-corrected chi connectivity index (χ4v) is 3.52. The summed E-state index contributed by atoms with van der Waals surface area (Å²) in [6.45, 7) is 3.47. The second kappa shape index (κ2) is 18.0. The zero-order chi connectivity index (χ0) is 18.7. The zero-order valence-electron chi connectivity index (χ0n) is 17.3. The van der Waals surface area contributed by atoms with Crippen molar-refractivity contribution in [1.29, 1.82) is 0 Å². The molecule has 2 atom stereocenters. The van der Waals surface area contributed by atoms with Gasteiger partial charge in [-0.05, 0) is 51.4 Å². The molecule has 0 amide bonds. The number of unbranched alkanes of at least 4 members (excludes halogenated alkanes) is 9. The molecule has 0 radical (unpaired) electrons. The Morgan fingerprint density at radius 1 is 0.962 bits per heavy atom. The molecule has 0 aromatic carbocycles. The summed E-state index contributed by atoms with van der Waals surface area (Å²) in [4.78, 5) is 0. The maximum atomic E-state index is 8.77. The lowest BCUT2D eigenvalue weighted by Gasteiger charge is -2.27. The molecule has 0 saturated carbocycles. The Morgan fingerprint density at radius 2 is 1.73 bits per heavy atom. The van der Waals surface area contributed by atoms with E-state index in [2.05, 4.69) is 19.1 Å². The van der Waals surface area contributed by atoms with Crippen molar-refractivity contribution in [3.05, 3.63) is 12.2 Å². The summed E-state index contributed by atoms with van der Waals surface area (Å²) >= 11 is 0. The third-order valence-electron chi connectivity index (χ3n) is 5.21. The van der Waals surface area contributed by atoms with E-state index in [1.165, 1.54) is 77.0 Å². The van der Waals surface area contributed by atoms with Gasteiger partial charge in [-0.2, -0.15) is 0 Å². The van der Waals surface area contributed by atoms with Crippen LogP contribution < -0.4 is 0 Å². The number of hydrogen-bond acceptors (Lipinski definition) is 3.